The predicted molar refractivity (Wildman–Crippen MR) is 49.5 cm³/mol. The van der Waals surface area contributed by atoms with Crippen molar-refractivity contribution < 1.29 is 55.6 Å². The maximum absolute atomic E-state index is 11.7. The maximum Gasteiger partial charge on any atom is 0.508 e. The van der Waals surface area contributed by atoms with E-state index in [2.05, 4.69) is 9.47 Å². The van der Waals surface area contributed by atoms with Gasteiger partial charge in [-0.1, -0.05) is 0 Å². The number of alkyl halides is 6. The van der Waals surface area contributed by atoms with Crippen LogP contribution in [0.15, 0.2) is 0 Å². The molecule has 6 nitrogen and oxygen atoms in total. The molecule has 0 aromatic carbocycles. The van der Waals surface area contributed by atoms with Gasteiger partial charge in [0, 0.05) is 6.42 Å². The molecule has 120 valence electrons. The molecule has 0 saturated carbocycles. The van der Waals surface area contributed by atoms with Crippen molar-refractivity contribution in [2.24, 2.45) is 0 Å². The second-order valence-electron chi connectivity index (χ2n) is 2.86. The van der Waals surface area contributed by atoms with Gasteiger partial charge in [-0.2, -0.15) is 4.39 Å². The molecule has 2 atom stereocenters. The third kappa shape index (κ3) is 14.2. The van der Waals surface area contributed by atoms with E-state index in [1.165, 1.54) is 0 Å². The molecule has 20 heavy (non-hydrogen) atoms. The molecule has 0 fully saturated rings. The molecule has 0 spiro atoms. The molecule has 0 saturated heterocycles. The van der Waals surface area contributed by atoms with Crippen LogP contribution in [0.2, 0.25) is 0 Å². The molecular weight excluding hydrogens is 306 g/mol. The predicted octanol–water partition coefficient (Wildman–Crippen LogP) is 2.92. The third-order valence-electron chi connectivity index (χ3n) is 1.29. The van der Waals surface area contributed by atoms with Crippen LogP contribution >= 0.6 is 0 Å². The van der Waals surface area contributed by atoms with Gasteiger partial charge >= 0.3 is 25.1 Å². The minimum absolute atomic E-state index is 0.900. The monoisotopic (exact) mass is 316 g/mol. The SMILES string of the molecule is O=C(O)OC(CF)CC(F)F.O=C(O)OC(F)C(F)F. The van der Waals surface area contributed by atoms with Crippen LogP contribution in [0.4, 0.5) is 35.9 Å². The van der Waals surface area contributed by atoms with E-state index in [-0.39, 0.29) is 0 Å². The summed E-state index contributed by atoms with van der Waals surface area (Å²) in [6.07, 6.45) is -15.5. The number of carbonyl (C=O) groups is 2. The summed E-state index contributed by atoms with van der Waals surface area (Å²) in [6, 6.07) is 0. The summed E-state index contributed by atoms with van der Waals surface area (Å²) in [4.78, 5) is 19.0. The van der Waals surface area contributed by atoms with Gasteiger partial charge in [0.15, 0.2) is 0 Å². The van der Waals surface area contributed by atoms with Crippen molar-refractivity contribution in [1.29, 1.82) is 0 Å². The molecule has 0 aromatic heterocycles. The van der Waals surface area contributed by atoms with Crippen molar-refractivity contribution >= 4 is 12.3 Å². The van der Waals surface area contributed by atoms with E-state index >= 15 is 0 Å². The van der Waals surface area contributed by atoms with Crippen LogP contribution < -0.4 is 0 Å². The highest BCUT2D eigenvalue weighted by Gasteiger charge is 2.22. The zero-order chi connectivity index (χ0) is 16.3. The number of ether oxygens (including phenoxy) is 2. The van der Waals surface area contributed by atoms with E-state index in [9.17, 15) is 35.9 Å². The summed E-state index contributed by atoms with van der Waals surface area (Å²) in [6.45, 7) is -1.23. The Kier molecular flexibility index (Phi) is 11.2. The molecule has 2 unspecified atom stereocenters. The molecule has 0 amide bonds. The maximum atomic E-state index is 11.7. The van der Waals surface area contributed by atoms with Gasteiger partial charge in [0.05, 0.1) is 0 Å². The first-order valence-corrected chi connectivity index (χ1v) is 4.65. The first-order valence-electron chi connectivity index (χ1n) is 4.65. The average Bonchev–Trinajstić information content (AvgIpc) is 2.26. The minimum atomic E-state index is -3.42. The van der Waals surface area contributed by atoms with E-state index in [0.29, 0.717) is 0 Å². The molecule has 0 aliphatic carbocycles. The standard InChI is InChI=1S/C5H7F3O3.C3H3F3O3/c6-2-3(1-4(7)8)11-5(9)10;4-1(5)2(6)9-3(7)8/h3-4H,1-2H2,(H,9,10);1-2H,(H,7,8). The molecule has 12 heteroatoms. The van der Waals surface area contributed by atoms with Crippen LogP contribution in [0.3, 0.4) is 0 Å². The van der Waals surface area contributed by atoms with E-state index in [4.69, 9.17) is 10.2 Å². The lowest BCUT2D eigenvalue weighted by molar-refractivity contribution is -0.103. The Balaban J connectivity index is 0. The molecule has 0 aliphatic heterocycles. The average molecular weight is 316 g/mol. The van der Waals surface area contributed by atoms with E-state index in [0.717, 1.165) is 0 Å². The first kappa shape index (κ1) is 20.4. The lowest BCUT2D eigenvalue weighted by Gasteiger charge is -2.10. The van der Waals surface area contributed by atoms with Gasteiger partial charge in [0.25, 0.3) is 0 Å². The highest BCUT2D eigenvalue weighted by Crippen LogP contribution is 2.08. The normalized spacial score (nSPS) is 13.2. The third-order valence-corrected chi connectivity index (χ3v) is 1.29. The van der Waals surface area contributed by atoms with Gasteiger partial charge in [-0.15, -0.1) is 0 Å². The molecule has 0 radical (unpaired) electrons. The molecule has 0 heterocycles. The van der Waals surface area contributed by atoms with Gasteiger partial charge in [0.1, 0.15) is 12.8 Å². The van der Waals surface area contributed by atoms with Crippen molar-refractivity contribution in [3.63, 3.8) is 0 Å². The number of rotatable bonds is 6. The second-order valence-corrected chi connectivity index (χ2v) is 2.86. The Morgan fingerprint density at radius 1 is 0.950 bits per heavy atom. The van der Waals surface area contributed by atoms with Gasteiger partial charge in [0.2, 0.25) is 6.43 Å². The summed E-state index contributed by atoms with van der Waals surface area (Å²) < 4.78 is 74.9. The number of hydrogen-bond acceptors (Lipinski definition) is 4. The summed E-state index contributed by atoms with van der Waals surface area (Å²) in [7, 11) is 0. The van der Waals surface area contributed by atoms with Gasteiger partial charge in [-0.05, 0) is 0 Å². The fourth-order valence-corrected chi connectivity index (χ4v) is 0.632. The largest absolute Gasteiger partial charge is 0.508 e. The Hall–Kier alpha value is -1.88. The van der Waals surface area contributed by atoms with Crippen LogP contribution in [0.5, 0.6) is 0 Å². The zero-order valence-corrected chi connectivity index (χ0v) is 9.52. The summed E-state index contributed by atoms with van der Waals surface area (Å²) >= 11 is 0. The molecule has 0 aromatic rings. The van der Waals surface area contributed by atoms with Gasteiger partial charge < -0.3 is 19.7 Å². The Morgan fingerprint density at radius 3 is 1.60 bits per heavy atom. The quantitative estimate of drug-likeness (QED) is 0.578. The van der Waals surface area contributed by atoms with Crippen LogP contribution in [-0.2, 0) is 9.47 Å². The van der Waals surface area contributed by atoms with Crippen molar-refractivity contribution in [2.75, 3.05) is 6.67 Å². The van der Waals surface area contributed by atoms with Gasteiger partial charge in [-0.25, -0.2) is 31.5 Å². The van der Waals surface area contributed by atoms with E-state index in [1.54, 1.807) is 0 Å². The smallest absolute Gasteiger partial charge is 0.450 e. The van der Waals surface area contributed by atoms with Crippen molar-refractivity contribution in [2.45, 2.75) is 31.7 Å². The molecule has 0 bridgehead atoms. The molecule has 0 aliphatic rings. The first-order chi connectivity index (χ1) is 9.09. The number of carboxylic acid groups (broad SMARTS) is 2. The summed E-state index contributed by atoms with van der Waals surface area (Å²) in [5.41, 5.74) is 0. The van der Waals surface area contributed by atoms with E-state index < -0.39 is 50.7 Å². The summed E-state index contributed by atoms with van der Waals surface area (Å²) in [5, 5.41) is 15.4. The lowest BCUT2D eigenvalue weighted by atomic mass is 10.3. The second kappa shape index (κ2) is 11.0. The zero-order valence-electron chi connectivity index (χ0n) is 9.52. The Bertz CT molecular complexity index is 289. The van der Waals surface area contributed by atoms with Gasteiger partial charge in [-0.3, -0.25) is 0 Å². The highest BCUT2D eigenvalue weighted by atomic mass is 19.3. The van der Waals surface area contributed by atoms with Crippen molar-refractivity contribution in [3.05, 3.63) is 0 Å². The minimum Gasteiger partial charge on any atom is -0.450 e. The summed E-state index contributed by atoms with van der Waals surface area (Å²) in [5.74, 6) is 0. The van der Waals surface area contributed by atoms with Crippen molar-refractivity contribution in [3.8, 4) is 0 Å². The lowest BCUT2D eigenvalue weighted by Crippen LogP contribution is -2.21. The van der Waals surface area contributed by atoms with Crippen LogP contribution in [0, 0.1) is 0 Å². The topological polar surface area (TPSA) is 93.1 Å². The van der Waals surface area contributed by atoms with Crippen LogP contribution in [-0.4, -0.2) is 54.5 Å². The fraction of sp³-hybridized carbons (Fsp3) is 0.750. The molecule has 2 N–H and O–H groups in total. The Labute approximate surface area is 107 Å². The fourth-order valence-electron chi connectivity index (χ4n) is 0.632. The number of hydrogen-bond donors (Lipinski definition) is 2. The van der Waals surface area contributed by atoms with Crippen LogP contribution in [0.25, 0.3) is 0 Å². The van der Waals surface area contributed by atoms with Crippen LogP contribution in [0.1, 0.15) is 6.42 Å². The molecule has 0 rings (SSSR count). The van der Waals surface area contributed by atoms with E-state index in [1.807, 2.05) is 0 Å². The van der Waals surface area contributed by atoms with Crippen molar-refractivity contribution in [1.82, 2.24) is 0 Å². The number of halogens is 6. The molecular formula is C8H10F6O6. The Morgan fingerprint density at radius 2 is 1.40 bits per heavy atom. The highest BCUT2D eigenvalue weighted by molar-refractivity contribution is 5.57.